The Hall–Kier alpha value is -0.650. The van der Waals surface area contributed by atoms with Gasteiger partial charge >= 0.3 is 5.97 Å². The Balaban J connectivity index is 2.19. The normalized spacial score (nSPS) is 28.3. The van der Waals surface area contributed by atoms with Crippen molar-refractivity contribution in [3.05, 3.63) is 0 Å². The lowest BCUT2D eigenvalue weighted by atomic mass is 10.1. The first-order valence-electron chi connectivity index (χ1n) is 6.18. The largest absolute Gasteiger partial charge is 0.466 e. The van der Waals surface area contributed by atoms with Gasteiger partial charge in [0.05, 0.1) is 26.2 Å². The fraction of sp³-hybridized carbons (Fsp3) is 0.917. The van der Waals surface area contributed by atoms with E-state index in [9.17, 15) is 4.79 Å². The number of carbonyl (C=O) groups is 1. The molecule has 5 heteroatoms. The summed E-state index contributed by atoms with van der Waals surface area (Å²) in [6, 6.07) is 0. The summed E-state index contributed by atoms with van der Waals surface area (Å²) in [4.78, 5) is 11.4. The van der Waals surface area contributed by atoms with Gasteiger partial charge in [0.2, 0.25) is 0 Å². The lowest BCUT2D eigenvalue weighted by Gasteiger charge is -2.22. The molecule has 2 atom stereocenters. The Morgan fingerprint density at radius 2 is 2.35 bits per heavy atom. The smallest absolute Gasteiger partial charge is 0.305 e. The highest BCUT2D eigenvalue weighted by Crippen LogP contribution is 2.27. The first-order valence-corrected chi connectivity index (χ1v) is 6.18. The van der Waals surface area contributed by atoms with Crippen LogP contribution in [0.1, 0.15) is 39.5 Å². The van der Waals surface area contributed by atoms with Gasteiger partial charge in [-0.1, -0.05) is 13.3 Å². The fourth-order valence-corrected chi connectivity index (χ4v) is 1.64. The van der Waals surface area contributed by atoms with Crippen LogP contribution in [0, 0.1) is 0 Å². The molecule has 1 heterocycles. The average molecular weight is 246 g/mol. The van der Waals surface area contributed by atoms with E-state index in [1.54, 1.807) is 6.92 Å². The zero-order valence-electron chi connectivity index (χ0n) is 10.6. The molecular weight excluding hydrogens is 224 g/mol. The minimum Gasteiger partial charge on any atom is -0.466 e. The summed E-state index contributed by atoms with van der Waals surface area (Å²) in [6.07, 6.45) is 2.35. The van der Waals surface area contributed by atoms with Crippen molar-refractivity contribution >= 4 is 5.97 Å². The molecule has 1 aliphatic heterocycles. The molecule has 1 N–H and O–H groups in total. The molecule has 1 aliphatic rings. The van der Waals surface area contributed by atoms with E-state index in [2.05, 4.69) is 0 Å². The molecule has 0 aromatic heterocycles. The molecule has 0 amide bonds. The number of hydrogen-bond acceptors (Lipinski definition) is 5. The summed E-state index contributed by atoms with van der Waals surface area (Å²) in [5, 5.41) is 8.92. The van der Waals surface area contributed by atoms with Crippen LogP contribution in [0.15, 0.2) is 0 Å². The van der Waals surface area contributed by atoms with Crippen molar-refractivity contribution in [2.45, 2.75) is 51.4 Å². The topological polar surface area (TPSA) is 65.0 Å². The number of ether oxygens (including phenoxy) is 3. The lowest BCUT2D eigenvalue weighted by Crippen LogP contribution is -2.28. The maximum Gasteiger partial charge on any atom is 0.305 e. The molecule has 17 heavy (non-hydrogen) atoms. The third-order valence-electron chi connectivity index (χ3n) is 2.74. The second-order valence-electron chi connectivity index (χ2n) is 4.44. The van der Waals surface area contributed by atoms with Gasteiger partial charge in [-0.15, -0.1) is 0 Å². The van der Waals surface area contributed by atoms with Crippen molar-refractivity contribution in [1.82, 2.24) is 0 Å². The quantitative estimate of drug-likeness (QED) is 0.540. The number of rotatable bonds is 7. The minimum atomic E-state index is -0.767. The Bertz CT molecular complexity index is 243. The van der Waals surface area contributed by atoms with Crippen molar-refractivity contribution in [2.24, 2.45) is 0 Å². The van der Waals surface area contributed by atoms with Crippen LogP contribution in [-0.2, 0) is 19.0 Å². The molecule has 1 saturated heterocycles. The van der Waals surface area contributed by atoms with Crippen molar-refractivity contribution in [3.63, 3.8) is 0 Å². The first kappa shape index (κ1) is 14.4. The molecule has 0 aromatic rings. The first-order chi connectivity index (χ1) is 8.09. The van der Waals surface area contributed by atoms with Gasteiger partial charge in [-0.05, 0) is 13.3 Å². The third-order valence-corrected chi connectivity index (χ3v) is 2.74. The van der Waals surface area contributed by atoms with E-state index >= 15 is 0 Å². The highest BCUT2D eigenvalue weighted by molar-refractivity contribution is 5.69. The minimum absolute atomic E-state index is 0.0590. The molecular formula is C12H22O5. The van der Waals surface area contributed by atoms with Crippen LogP contribution in [0.4, 0.5) is 0 Å². The maximum atomic E-state index is 11.4. The predicted octanol–water partition coefficient (Wildman–Crippen LogP) is 1.23. The number of hydrogen-bond donors (Lipinski definition) is 1. The molecule has 0 aromatic carbocycles. The molecule has 2 unspecified atom stereocenters. The van der Waals surface area contributed by atoms with Crippen LogP contribution in [-0.4, -0.2) is 42.8 Å². The number of esters is 1. The van der Waals surface area contributed by atoms with Crippen LogP contribution < -0.4 is 0 Å². The Kier molecular flexibility index (Phi) is 5.88. The predicted molar refractivity (Wildman–Crippen MR) is 61.4 cm³/mol. The van der Waals surface area contributed by atoms with Gasteiger partial charge in [0.15, 0.2) is 5.79 Å². The van der Waals surface area contributed by atoms with E-state index in [0.717, 1.165) is 12.8 Å². The molecule has 5 nitrogen and oxygen atoms in total. The fourth-order valence-electron chi connectivity index (χ4n) is 1.64. The highest BCUT2D eigenvalue weighted by atomic mass is 16.7. The molecule has 1 fully saturated rings. The number of aliphatic hydroxyl groups excluding tert-OH is 1. The summed E-state index contributed by atoms with van der Waals surface area (Å²) in [7, 11) is 0. The molecule has 0 spiro atoms. The van der Waals surface area contributed by atoms with Crippen LogP contribution in [0.2, 0.25) is 0 Å². The monoisotopic (exact) mass is 246 g/mol. The van der Waals surface area contributed by atoms with E-state index in [-0.39, 0.29) is 25.1 Å². The summed E-state index contributed by atoms with van der Waals surface area (Å²) >= 11 is 0. The van der Waals surface area contributed by atoms with Crippen molar-refractivity contribution < 1.29 is 24.1 Å². The second kappa shape index (κ2) is 6.93. The van der Waals surface area contributed by atoms with Crippen LogP contribution >= 0.6 is 0 Å². The molecule has 0 bridgehead atoms. The maximum absolute atomic E-state index is 11.4. The highest BCUT2D eigenvalue weighted by Gasteiger charge is 2.37. The number of carbonyl (C=O) groups excluding carboxylic acids is 1. The summed E-state index contributed by atoms with van der Waals surface area (Å²) in [5.74, 6) is -0.990. The Labute approximate surface area is 102 Å². The van der Waals surface area contributed by atoms with Crippen LogP contribution in [0.5, 0.6) is 0 Å². The summed E-state index contributed by atoms with van der Waals surface area (Å²) < 4.78 is 16.0. The summed E-state index contributed by atoms with van der Waals surface area (Å²) in [5.41, 5.74) is 0. The van der Waals surface area contributed by atoms with Gasteiger partial charge in [-0.3, -0.25) is 4.79 Å². The SMILES string of the molecule is CCCCOC(=O)CCC1(C)OCC(CO)O1. The average Bonchev–Trinajstić information content (AvgIpc) is 2.70. The van der Waals surface area contributed by atoms with Gasteiger partial charge in [0, 0.05) is 6.42 Å². The van der Waals surface area contributed by atoms with E-state index in [0.29, 0.717) is 19.6 Å². The van der Waals surface area contributed by atoms with Crippen LogP contribution in [0.3, 0.4) is 0 Å². The zero-order valence-corrected chi connectivity index (χ0v) is 10.6. The Morgan fingerprint density at radius 3 is 2.94 bits per heavy atom. The van der Waals surface area contributed by atoms with Crippen molar-refractivity contribution in [1.29, 1.82) is 0 Å². The second-order valence-corrected chi connectivity index (χ2v) is 4.44. The van der Waals surface area contributed by atoms with E-state index in [4.69, 9.17) is 19.3 Å². The molecule has 100 valence electrons. The van der Waals surface area contributed by atoms with Gasteiger partial charge in [0.1, 0.15) is 6.10 Å². The van der Waals surface area contributed by atoms with E-state index < -0.39 is 5.79 Å². The van der Waals surface area contributed by atoms with Crippen LogP contribution in [0.25, 0.3) is 0 Å². The summed E-state index contributed by atoms with van der Waals surface area (Å²) in [6.45, 7) is 4.62. The number of aliphatic hydroxyl groups is 1. The van der Waals surface area contributed by atoms with Crippen molar-refractivity contribution in [2.75, 3.05) is 19.8 Å². The number of unbranched alkanes of at least 4 members (excludes halogenated alkanes) is 1. The van der Waals surface area contributed by atoms with Gasteiger partial charge in [-0.2, -0.15) is 0 Å². The van der Waals surface area contributed by atoms with Gasteiger partial charge in [0.25, 0.3) is 0 Å². The Morgan fingerprint density at radius 1 is 1.59 bits per heavy atom. The third kappa shape index (κ3) is 5.02. The van der Waals surface area contributed by atoms with E-state index in [1.165, 1.54) is 0 Å². The molecule has 1 rings (SSSR count). The standard InChI is InChI=1S/C12H22O5/c1-3-4-7-15-11(14)5-6-12(2)16-9-10(8-13)17-12/h10,13H,3-9H2,1-2H3. The van der Waals surface area contributed by atoms with E-state index in [1.807, 2.05) is 6.92 Å². The lowest BCUT2D eigenvalue weighted by molar-refractivity contribution is -0.170. The molecule has 0 radical (unpaired) electrons. The zero-order chi connectivity index (χ0) is 12.7. The molecule has 0 saturated carbocycles. The molecule has 0 aliphatic carbocycles. The van der Waals surface area contributed by atoms with Gasteiger partial charge < -0.3 is 19.3 Å². The van der Waals surface area contributed by atoms with Crippen molar-refractivity contribution in [3.8, 4) is 0 Å². The van der Waals surface area contributed by atoms with Gasteiger partial charge in [-0.25, -0.2) is 0 Å².